The lowest BCUT2D eigenvalue weighted by Gasteiger charge is -2.13. The Kier molecular flexibility index (Phi) is 8.88. The highest BCUT2D eigenvalue weighted by atomic mass is 35.5. The van der Waals surface area contributed by atoms with Crippen LogP contribution in [0.1, 0.15) is 42.2 Å². The number of nitrogens with one attached hydrogen (secondary N) is 3. The van der Waals surface area contributed by atoms with Gasteiger partial charge in [-0.15, -0.1) is 0 Å². The van der Waals surface area contributed by atoms with Gasteiger partial charge in [0.1, 0.15) is 11.6 Å². The van der Waals surface area contributed by atoms with Gasteiger partial charge in [-0.25, -0.2) is 8.78 Å². The highest BCUT2D eigenvalue weighted by Gasteiger charge is 2.19. The minimum Gasteiger partial charge on any atom is -0.395 e. The van der Waals surface area contributed by atoms with Crippen molar-refractivity contribution in [3.63, 3.8) is 0 Å². The molecule has 0 aliphatic heterocycles. The molecule has 0 bridgehead atoms. The Balaban J connectivity index is 1.55. The Labute approximate surface area is 233 Å². The van der Waals surface area contributed by atoms with Crippen LogP contribution in [-0.4, -0.2) is 35.9 Å². The number of anilines is 3. The first-order chi connectivity index (χ1) is 19.2. The molecule has 0 atom stereocenters. The number of halogens is 3. The van der Waals surface area contributed by atoms with Crippen LogP contribution in [0.25, 0.3) is 0 Å². The summed E-state index contributed by atoms with van der Waals surface area (Å²) in [7, 11) is 0. The third kappa shape index (κ3) is 6.51. The van der Waals surface area contributed by atoms with Crippen molar-refractivity contribution in [3.05, 3.63) is 123 Å². The van der Waals surface area contributed by atoms with E-state index >= 15 is 0 Å². The Morgan fingerprint density at radius 1 is 0.825 bits per heavy atom. The summed E-state index contributed by atoms with van der Waals surface area (Å²) in [6.45, 7) is 1.56. The Bertz CT molecular complexity index is 1610. The molecule has 40 heavy (non-hydrogen) atoms. The number of rotatable bonds is 9. The summed E-state index contributed by atoms with van der Waals surface area (Å²) in [5.74, 6) is -2.92. The minimum atomic E-state index is -0.782. The van der Waals surface area contributed by atoms with Gasteiger partial charge in [-0.3, -0.25) is 14.4 Å². The highest BCUT2D eigenvalue weighted by Crippen LogP contribution is 2.28. The van der Waals surface area contributed by atoms with Gasteiger partial charge in [-0.2, -0.15) is 0 Å². The molecule has 0 aliphatic carbocycles. The van der Waals surface area contributed by atoms with Crippen LogP contribution in [-0.2, 0) is 0 Å². The summed E-state index contributed by atoms with van der Waals surface area (Å²) in [6.07, 6.45) is 0. The minimum absolute atomic E-state index is 0.0403. The zero-order chi connectivity index (χ0) is 28.8. The van der Waals surface area contributed by atoms with Crippen LogP contribution in [0.15, 0.2) is 78.9 Å². The first kappa shape index (κ1) is 28.4. The summed E-state index contributed by atoms with van der Waals surface area (Å²) in [5.41, 5.74) is 2.11. The summed E-state index contributed by atoms with van der Waals surface area (Å²) < 4.78 is 27.2. The normalized spacial score (nSPS) is 10.6. The predicted molar refractivity (Wildman–Crippen MR) is 150 cm³/mol. The second kappa shape index (κ2) is 12.5. The van der Waals surface area contributed by atoms with Crippen LogP contribution in [0.4, 0.5) is 25.8 Å². The van der Waals surface area contributed by atoms with E-state index in [9.17, 15) is 23.2 Å². The molecule has 0 fully saturated rings. The van der Waals surface area contributed by atoms with Gasteiger partial charge in [0.05, 0.1) is 28.6 Å². The van der Waals surface area contributed by atoms with E-state index in [-0.39, 0.29) is 51.8 Å². The molecule has 0 saturated heterocycles. The van der Waals surface area contributed by atoms with E-state index in [1.54, 1.807) is 37.3 Å². The van der Waals surface area contributed by atoms with Crippen LogP contribution < -0.4 is 16.0 Å². The third-order valence-electron chi connectivity index (χ3n) is 5.99. The van der Waals surface area contributed by atoms with Gasteiger partial charge in [-0.1, -0.05) is 29.8 Å². The van der Waals surface area contributed by atoms with Crippen LogP contribution in [0.3, 0.4) is 0 Å². The van der Waals surface area contributed by atoms with Crippen LogP contribution >= 0.6 is 11.6 Å². The molecule has 0 unspecified atom stereocenters. The van der Waals surface area contributed by atoms with Gasteiger partial charge >= 0.3 is 0 Å². The number of aliphatic hydroxyl groups excluding tert-OH is 1. The molecular formula is C30H24ClF2N3O4. The molecule has 4 aromatic rings. The van der Waals surface area contributed by atoms with Gasteiger partial charge in [0.25, 0.3) is 11.8 Å². The monoisotopic (exact) mass is 563 g/mol. The number of hydrogen-bond acceptors (Lipinski definition) is 5. The zero-order valence-corrected chi connectivity index (χ0v) is 22.0. The van der Waals surface area contributed by atoms with Gasteiger partial charge in [0.2, 0.25) is 0 Å². The highest BCUT2D eigenvalue weighted by molar-refractivity contribution is 6.35. The number of carbonyl (C=O) groups is 3. The molecule has 204 valence electrons. The lowest BCUT2D eigenvalue weighted by Crippen LogP contribution is -2.27. The molecule has 7 nitrogen and oxygen atoms in total. The predicted octanol–water partition coefficient (Wildman–Crippen LogP) is 5.88. The lowest BCUT2D eigenvalue weighted by molar-refractivity contribution is 0.0945. The Hall–Kier alpha value is -4.60. The van der Waals surface area contributed by atoms with E-state index in [2.05, 4.69) is 16.0 Å². The molecule has 4 N–H and O–H groups in total. The number of benzene rings is 4. The van der Waals surface area contributed by atoms with Crippen molar-refractivity contribution in [3.8, 4) is 0 Å². The quantitative estimate of drug-likeness (QED) is 0.190. The average molecular weight is 564 g/mol. The number of ketones is 1. The fourth-order valence-corrected chi connectivity index (χ4v) is 4.19. The lowest BCUT2D eigenvalue weighted by atomic mass is 9.96. The van der Waals surface area contributed by atoms with Gasteiger partial charge in [0.15, 0.2) is 5.78 Å². The SMILES string of the molecule is Cc1ccc(C(=O)Nc2ccccc2C(=O)NCCO)cc1C(=O)c1ccc(Nc2ccc(F)cc2F)cc1Cl. The van der Waals surface area contributed by atoms with Crippen molar-refractivity contribution in [2.24, 2.45) is 0 Å². The molecule has 2 amide bonds. The van der Waals surface area contributed by atoms with E-state index in [1.807, 2.05) is 0 Å². The molecule has 0 spiro atoms. The van der Waals surface area contributed by atoms with Gasteiger partial charge in [-0.05, 0) is 67.1 Å². The summed E-state index contributed by atoms with van der Waals surface area (Å²) in [5, 5.41) is 17.1. The first-order valence-corrected chi connectivity index (χ1v) is 12.5. The van der Waals surface area contributed by atoms with Crippen molar-refractivity contribution in [2.75, 3.05) is 23.8 Å². The molecule has 4 rings (SSSR count). The van der Waals surface area contributed by atoms with E-state index in [1.165, 1.54) is 36.4 Å². The van der Waals surface area contributed by atoms with E-state index in [0.29, 0.717) is 11.3 Å². The van der Waals surface area contributed by atoms with Crippen LogP contribution in [0.5, 0.6) is 0 Å². The molecule has 0 aromatic heterocycles. The van der Waals surface area contributed by atoms with E-state index in [0.717, 1.165) is 12.1 Å². The van der Waals surface area contributed by atoms with Crippen LogP contribution in [0.2, 0.25) is 5.02 Å². The maximum absolute atomic E-state index is 14.0. The number of aryl methyl sites for hydroxylation is 1. The second-order valence-corrected chi connectivity index (χ2v) is 9.19. The number of aliphatic hydroxyl groups is 1. The van der Waals surface area contributed by atoms with E-state index in [4.69, 9.17) is 16.7 Å². The molecule has 0 heterocycles. The smallest absolute Gasteiger partial charge is 0.255 e. The molecule has 4 aromatic carbocycles. The molecule has 0 aliphatic rings. The zero-order valence-electron chi connectivity index (χ0n) is 21.2. The standard InChI is InChI=1S/C30H24ClF2N3O4/c1-17-6-7-18(29(39)36-26-5-3-2-4-22(26)30(40)34-12-13-37)14-23(17)28(38)21-10-9-20(16-24(21)31)35-27-11-8-19(32)15-25(27)33/h2-11,14-16,35,37H,12-13H2,1H3,(H,34,40)(H,36,39). The largest absolute Gasteiger partial charge is 0.395 e. The van der Waals surface area contributed by atoms with Crippen molar-refractivity contribution in [1.29, 1.82) is 0 Å². The van der Waals surface area contributed by atoms with E-state index < -0.39 is 29.2 Å². The summed E-state index contributed by atoms with van der Waals surface area (Å²) >= 11 is 6.40. The average Bonchev–Trinajstić information content (AvgIpc) is 2.93. The van der Waals surface area contributed by atoms with Crippen molar-refractivity contribution in [2.45, 2.75) is 6.92 Å². The van der Waals surface area contributed by atoms with Gasteiger partial charge in [0, 0.05) is 35.0 Å². The fraction of sp³-hybridized carbons (Fsp3) is 0.100. The summed E-state index contributed by atoms with van der Waals surface area (Å²) in [4.78, 5) is 38.9. The second-order valence-electron chi connectivity index (χ2n) is 8.78. The fourth-order valence-electron chi connectivity index (χ4n) is 3.93. The molecule has 0 radical (unpaired) electrons. The maximum atomic E-state index is 14.0. The number of hydrogen-bond donors (Lipinski definition) is 4. The number of carbonyl (C=O) groups excluding carboxylic acids is 3. The van der Waals surface area contributed by atoms with Crippen molar-refractivity contribution < 1.29 is 28.3 Å². The Morgan fingerprint density at radius 2 is 1.60 bits per heavy atom. The molecular weight excluding hydrogens is 540 g/mol. The summed E-state index contributed by atoms with van der Waals surface area (Å²) in [6, 6.07) is 18.6. The Morgan fingerprint density at radius 3 is 2.33 bits per heavy atom. The van der Waals surface area contributed by atoms with Crippen molar-refractivity contribution >= 4 is 46.3 Å². The van der Waals surface area contributed by atoms with Crippen molar-refractivity contribution in [1.82, 2.24) is 5.32 Å². The molecule has 0 saturated carbocycles. The number of amides is 2. The topological polar surface area (TPSA) is 108 Å². The first-order valence-electron chi connectivity index (χ1n) is 12.1. The maximum Gasteiger partial charge on any atom is 0.255 e. The van der Waals surface area contributed by atoms with Crippen LogP contribution in [0, 0.1) is 18.6 Å². The number of para-hydroxylation sites is 1. The van der Waals surface area contributed by atoms with Gasteiger partial charge < -0.3 is 21.1 Å². The molecule has 10 heteroatoms. The third-order valence-corrected chi connectivity index (χ3v) is 6.30.